The number of nitrogens with one attached hydrogen (secondary N) is 11. The number of halogens is 3. The summed E-state index contributed by atoms with van der Waals surface area (Å²) < 4.78 is 49.0. The molecular formula is C69H106F3N15O22. The number of aliphatic carboxylic acids is 1. The molecule has 37 nitrogen and oxygen atoms in total. The molecule has 0 bridgehead atoms. The number of carboxylic acid groups (broad SMARTS) is 1. The van der Waals surface area contributed by atoms with E-state index in [1.54, 1.807) is 92.6 Å². The molecular weight excluding hydrogens is 1450 g/mol. The van der Waals surface area contributed by atoms with E-state index in [1.807, 2.05) is 10.6 Å². The highest BCUT2D eigenvalue weighted by Gasteiger charge is 2.44. The Labute approximate surface area is 627 Å². The number of cyclic esters (lactones) is 1. The predicted octanol–water partition coefficient (Wildman–Crippen LogP) is -3.06. The Morgan fingerprint density at radius 1 is 0.651 bits per heavy atom. The van der Waals surface area contributed by atoms with Crippen molar-refractivity contribution < 1.29 is 120 Å². The number of alkyl halides is 3. The quantitative estimate of drug-likeness (QED) is 0.0192. The molecule has 3 rings (SSSR count). The number of carbonyl (C=O) groups excluding carboxylic acids is 13. The van der Waals surface area contributed by atoms with Crippen molar-refractivity contribution in [1.29, 1.82) is 0 Å². The molecule has 40 heteroatoms. The Bertz CT molecular complexity index is 3420. The minimum Gasteiger partial charge on any atom is -0.475 e. The molecule has 0 aromatic heterocycles. The molecule has 1 fully saturated rings. The van der Waals surface area contributed by atoms with Crippen molar-refractivity contribution in [3.05, 3.63) is 71.8 Å². The lowest BCUT2D eigenvalue weighted by atomic mass is 9.95. The van der Waals surface area contributed by atoms with Crippen LogP contribution in [0.4, 0.5) is 18.0 Å². The fourth-order valence-electron chi connectivity index (χ4n) is 10.1. The number of carbonyl (C=O) groups is 14. The Morgan fingerprint density at radius 3 is 1.70 bits per heavy atom. The number of guanidine groups is 1. The van der Waals surface area contributed by atoms with Crippen LogP contribution in [0.1, 0.15) is 132 Å². The third-order valence-electron chi connectivity index (χ3n) is 16.1. The number of rotatable bonds is 26. The van der Waals surface area contributed by atoms with Gasteiger partial charge in [0.1, 0.15) is 61.0 Å². The van der Waals surface area contributed by atoms with Crippen LogP contribution in [0.25, 0.3) is 0 Å². The summed E-state index contributed by atoms with van der Waals surface area (Å²) in [5.41, 5.74) is 16.1. The van der Waals surface area contributed by atoms with Gasteiger partial charge in [-0.05, 0) is 88.2 Å². The van der Waals surface area contributed by atoms with E-state index >= 15 is 14.4 Å². The number of hydrogen-bond acceptors (Lipinski definition) is 22. The van der Waals surface area contributed by atoms with Crippen molar-refractivity contribution in [3.8, 4) is 0 Å². The lowest BCUT2D eigenvalue weighted by Crippen LogP contribution is -2.64. The summed E-state index contributed by atoms with van der Waals surface area (Å²) in [5, 5.41) is 78.0. The van der Waals surface area contributed by atoms with Crippen molar-refractivity contribution in [2.24, 2.45) is 45.9 Å². The zero-order valence-corrected chi connectivity index (χ0v) is 62.7. The summed E-state index contributed by atoms with van der Waals surface area (Å²) in [7, 11) is 0. The van der Waals surface area contributed by atoms with Crippen LogP contribution in [0, 0.1) is 23.7 Å². The zero-order valence-electron chi connectivity index (χ0n) is 62.7. The molecule has 0 spiro atoms. The third-order valence-corrected chi connectivity index (χ3v) is 16.1. The van der Waals surface area contributed by atoms with Crippen LogP contribution in [-0.4, -0.2) is 231 Å². The molecule has 2 unspecified atom stereocenters. The van der Waals surface area contributed by atoms with Gasteiger partial charge in [0.05, 0.1) is 37.6 Å². The minimum atomic E-state index is -5.08. The number of primary amides is 1. The van der Waals surface area contributed by atoms with Gasteiger partial charge in [0.25, 0.3) is 0 Å². The molecule has 0 aliphatic carbocycles. The Balaban J connectivity index is 0.00000547. The van der Waals surface area contributed by atoms with Gasteiger partial charge in [-0.15, -0.1) is 0 Å². The summed E-state index contributed by atoms with van der Waals surface area (Å²) in [6.07, 6.45) is -14.8. The number of hydrogen-bond donors (Lipinski definition) is 19. The molecule has 1 heterocycles. The topological polar surface area (TPSA) is 591 Å². The van der Waals surface area contributed by atoms with E-state index in [0.717, 1.165) is 6.92 Å². The first kappa shape index (κ1) is 94.8. The van der Waals surface area contributed by atoms with Crippen LogP contribution in [0.5, 0.6) is 0 Å². The lowest BCUT2D eigenvalue weighted by Gasteiger charge is -2.34. The molecule has 109 heavy (non-hydrogen) atoms. The van der Waals surface area contributed by atoms with Gasteiger partial charge >= 0.3 is 24.2 Å². The smallest absolute Gasteiger partial charge is 0.475 e. The number of carboxylic acids is 1. The molecule has 22 N–H and O–H groups in total. The highest BCUT2D eigenvalue weighted by molar-refractivity contribution is 6.00. The first-order valence-electron chi connectivity index (χ1n) is 34.9. The number of aliphatic imine (C=N–C) groups is 1. The highest BCUT2D eigenvalue weighted by atomic mass is 19.4. The van der Waals surface area contributed by atoms with Crippen molar-refractivity contribution >= 4 is 89.0 Å². The largest absolute Gasteiger partial charge is 0.490 e. The molecule has 0 radical (unpaired) electrons. The molecule has 0 saturated carbocycles. The van der Waals surface area contributed by atoms with Gasteiger partial charge < -0.3 is 115 Å². The molecule has 15 atom stereocenters. The fraction of sp³-hybridized carbons (Fsp3) is 0.609. The van der Waals surface area contributed by atoms with E-state index in [1.165, 1.54) is 44.2 Å². The van der Waals surface area contributed by atoms with Gasteiger partial charge in [-0.1, -0.05) is 122 Å². The lowest BCUT2D eigenvalue weighted by molar-refractivity contribution is -0.192. The van der Waals surface area contributed by atoms with Crippen molar-refractivity contribution in [3.63, 3.8) is 0 Å². The summed E-state index contributed by atoms with van der Waals surface area (Å²) >= 11 is 0. The van der Waals surface area contributed by atoms with Crippen LogP contribution >= 0.6 is 0 Å². The average Bonchev–Trinajstić information content (AvgIpc) is 0.811. The summed E-state index contributed by atoms with van der Waals surface area (Å²) in [6.45, 7) is 15.8. The van der Waals surface area contributed by atoms with E-state index in [9.17, 15) is 81.5 Å². The second-order valence-electron chi connectivity index (χ2n) is 27.8. The number of esters is 1. The van der Waals surface area contributed by atoms with Crippen LogP contribution in [0.15, 0.2) is 65.7 Å². The van der Waals surface area contributed by atoms with Gasteiger partial charge in [-0.25, -0.2) is 14.4 Å². The van der Waals surface area contributed by atoms with Gasteiger partial charge in [0, 0.05) is 6.54 Å². The van der Waals surface area contributed by atoms with Gasteiger partial charge in [0.2, 0.25) is 65.0 Å². The molecule has 610 valence electrons. The molecule has 2 aromatic carbocycles. The van der Waals surface area contributed by atoms with Crippen molar-refractivity contribution in [1.82, 2.24) is 58.5 Å². The van der Waals surface area contributed by atoms with E-state index in [4.69, 9.17) is 41.3 Å². The number of alkyl carbamates (subject to hydrolysis) is 1. The first-order valence-corrected chi connectivity index (χ1v) is 34.9. The summed E-state index contributed by atoms with van der Waals surface area (Å²) in [4.78, 5) is 199. The van der Waals surface area contributed by atoms with Crippen molar-refractivity contribution in [2.75, 3.05) is 26.3 Å². The van der Waals surface area contributed by atoms with Crippen LogP contribution < -0.4 is 75.7 Å². The Morgan fingerprint density at radius 2 is 1.18 bits per heavy atom. The van der Waals surface area contributed by atoms with Crippen molar-refractivity contribution in [2.45, 2.75) is 218 Å². The predicted molar refractivity (Wildman–Crippen MR) is 382 cm³/mol. The standard InChI is InChI=1S/C67H105N15O20.C2HF3O2/c1-13-36(8)46-60(94)80-47(37(9)84)59(93)72-29-45(85)78-49(52(87)54(68)88)62(96)76-43(30-83)64(98)102-53(39-23-18-15-19-24-39)50(82-57(91)42(28-34(4)5)74-58(92)44(32-101-67(10,11)12)77-66(99)100-31-38-21-16-14-17-22-38)63(97)81-48(51(86)35(6)7)61(95)75-41(27-33(2)3)56(90)73-40(55(89)79-46)25-20-26-71-65(69)70;3-2(4,5)1(6)7/h14-19,21-24,33-37,40-44,46-53,83-84,86-87H,13,20,25-32H2,1-12H3,(H2,68,88)(H,72,93)(H,73,90)(H,74,92)(H,75,95)(H,76,96)(H,77,99)(H,78,85)(H,79,89)(H,80,94)(H,81,97)(H,82,91)(H4,69,70,71);(H,6,7)/t36-,37-,40+,41-,42-,43-,44+,46?,47?,48-,49-,50-,51+,52-,53+;/m0./s1. The summed E-state index contributed by atoms with van der Waals surface area (Å²) in [5.74, 6) is -20.8. The van der Waals surface area contributed by atoms with Gasteiger partial charge in [0.15, 0.2) is 24.2 Å². The normalized spacial score (nSPS) is 22.4. The van der Waals surface area contributed by atoms with Crippen LogP contribution in [-0.2, 0) is 83.1 Å². The molecule has 1 aliphatic rings. The monoisotopic (exact) mass is 1550 g/mol. The average molecular weight is 1550 g/mol. The second kappa shape index (κ2) is 45.5. The number of nitrogens with zero attached hydrogens (tertiary/aromatic N) is 1. The maximum absolute atomic E-state index is 15.6. The second-order valence-corrected chi connectivity index (χ2v) is 27.8. The maximum Gasteiger partial charge on any atom is 0.490 e. The van der Waals surface area contributed by atoms with E-state index in [2.05, 4.69) is 52.8 Å². The van der Waals surface area contributed by atoms with Crippen LogP contribution in [0.3, 0.4) is 0 Å². The number of benzene rings is 2. The maximum atomic E-state index is 15.6. The Kier molecular flexibility index (Phi) is 39.5. The number of amides is 12. The number of ether oxygens (including phenoxy) is 3. The molecule has 1 saturated heterocycles. The van der Waals surface area contributed by atoms with Crippen LogP contribution in [0.2, 0.25) is 0 Å². The zero-order chi connectivity index (χ0) is 83.0. The third kappa shape index (κ3) is 33.8. The van der Waals surface area contributed by atoms with Gasteiger partial charge in [-0.2, -0.15) is 13.2 Å². The SMILES string of the molecule is CC[C@H](C)C1NC(=O)[C@@H](CCCN=C(N)N)NC(=O)[C@H](CC(C)C)NC(=O)[C@H]([C@H](O)C(C)C)NC(=O)[C@@H](NC(=O)[C@H](CC(C)C)NC(=O)[C@@H](COC(C)(C)C)NC(=O)OCc2ccccc2)[C@@H](c2ccccc2)OC(=O)[C@H](CO)NC(=O)[C@H]([C@H](O)C(N)=O)NC(=O)CNC(=O)C([C@H](C)O)NC1=O.O=C(O)C(F)(F)F. The van der Waals surface area contributed by atoms with E-state index in [0.29, 0.717) is 5.56 Å². The van der Waals surface area contributed by atoms with Gasteiger partial charge in [-0.3, -0.25) is 57.7 Å². The molecule has 1 aliphatic heterocycles. The molecule has 2 aromatic rings. The fourth-order valence-corrected chi connectivity index (χ4v) is 10.1. The number of nitrogens with two attached hydrogens (primary N) is 3. The number of aliphatic hydroxyl groups excluding tert-OH is 4. The number of aliphatic hydroxyl groups is 4. The Hall–Kier alpha value is -10.3. The highest BCUT2D eigenvalue weighted by Crippen LogP contribution is 2.25. The molecule has 12 amide bonds. The first-order chi connectivity index (χ1) is 50.7. The summed E-state index contributed by atoms with van der Waals surface area (Å²) in [6, 6.07) is -3.35. The van der Waals surface area contributed by atoms with E-state index in [-0.39, 0.29) is 56.8 Å². The minimum absolute atomic E-state index is 0.0233. The van der Waals surface area contributed by atoms with E-state index < -0.39 is 223 Å².